The molecule has 2 aromatic rings. The first kappa shape index (κ1) is 11.1. The number of hydrogen-bond donors (Lipinski definition) is 0. The van der Waals surface area contributed by atoms with Gasteiger partial charge in [-0.25, -0.2) is 0 Å². The lowest BCUT2D eigenvalue weighted by Gasteiger charge is -2.20. The molecule has 0 aliphatic carbocycles. The van der Waals surface area contributed by atoms with E-state index >= 15 is 0 Å². The predicted molar refractivity (Wildman–Crippen MR) is 68.1 cm³/mol. The van der Waals surface area contributed by atoms with Gasteiger partial charge in [-0.15, -0.1) is 10.2 Å². The van der Waals surface area contributed by atoms with Crippen LogP contribution in [-0.2, 0) is 0 Å². The Balaban J connectivity index is 2.66. The highest BCUT2D eigenvalue weighted by molar-refractivity contribution is 6.34. The van der Waals surface area contributed by atoms with Crippen LogP contribution in [0.4, 0.5) is 5.82 Å². The number of hydrogen-bond acceptors (Lipinski definition) is 3. The Labute approximate surface area is 100 Å². The first-order chi connectivity index (χ1) is 7.77. The Bertz CT molecular complexity index is 495. The molecule has 0 amide bonds. The highest BCUT2D eigenvalue weighted by Crippen LogP contribution is 2.27. The van der Waals surface area contributed by atoms with Gasteiger partial charge in [-0.3, -0.25) is 0 Å². The van der Waals surface area contributed by atoms with Crippen molar-refractivity contribution in [2.45, 2.75) is 13.8 Å². The van der Waals surface area contributed by atoms with Gasteiger partial charge in [0.25, 0.3) is 0 Å². The summed E-state index contributed by atoms with van der Waals surface area (Å²) in [6.07, 6.45) is 0. The largest absolute Gasteiger partial charge is 0.355 e. The van der Waals surface area contributed by atoms with Gasteiger partial charge in [-0.2, -0.15) is 0 Å². The third kappa shape index (κ3) is 1.83. The topological polar surface area (TPSA) is 29.0 Å². The molecule has 0 N–H and O–H groups in total. The second-order valence-corrected chi connectivity index (χ2v) is 3.89. The molecule has 0 bridgehead atoms. The summed E-state index contributed by atoms with van der Waals surface area (Å²) in [5.74, 6) is 0.907. The molecule has 0 aliphatic rings. The van der Waals surface area contributed by atoms with Crippen LogP contribution >= 0.6 is 11.6 Å². The van der Waals surface area contributed by atoms with Crippen LogP contribution < -0.4 is 4.90 Å². The Hall–Kier alpha value is -1.35. The molecule has 0 saturated heterocycles. The molecular formula is C12H14ClN3. The zero-order valence-electron chi connectivity index (χ0n) is 9.44. The monoisotopic (exact) mass is 235 g/mol. The van der Waals surface area contributed by atoms with Crippen molar-refractivity contribution in [3.63, 3.8) is 0 Å². The van der Waals surface area contributed by atoms with Gasteiger partial charge >= 0.3 is 0 Å². The minimum atomic E-state index is 0.464. The molecule has 1 heterocycles. The number of nitrogens with zero attached hydrogens (tertiary/aromatic N) is 3. The van der Waals surface area contributed by atoms with Gasteiger partial charge in [0, 0.05) is 23.9 Å². The number of halogens is 1. The quantitative estimate of drug-likeness (QED) is 0.819. The van der Waals surface area contributed by atoms with Crippen LogP contribution in [0, 0.1) is 0 Å². The fourth-order valence-corrected chi connectivity index (χ4v) is 2.02. The lowest BCUT2D eigenvalue weighted by atomic mass is 10.2. The van der Waals surface area contributed by atoms with Crippen LogP contribution in [0.2, 0.25) is 5.15 Å². The summed E-state index contributed by atoms with van der Waals surface area (Å²) < 4.78 is 0. The fourth-order valence-electron chi connectivity index (χ4n) is 1.81. The summed E-state index contributed by atoms with van der Waals surface area (Å²) in [5, 5.41) is 10.7. The van der Waals surface area contributed by atoms with E-state index in [9.17, 15) is 0 Å². The molecule has 16 heavy (non-hydrogen) atoms. The van der Waals surface area contributed by atoms with Crippen LogP contribution in [-0.4, -0.2) is 23.3 Å². The average molecular weight is 236 g/mol. The zero-order valence-corrected chi connectivity index (χ0v) is 10.2. The van der Waals surface area contributed by atoms with Gasteiger partial charge in [0.15, 0.2) is 11.0 Å². The van der Waals surface area contributed by atoms with Gasteiger partial charge in [-0.05, 0) is 13.8 Å². The molecule has 84 valence electrons. The van der Waals surface area contributed by atoms with Gasteiger partial charge in [0.1, 0.15) is 0 Å². The number of fused-ring (bicyclic) bond motifs is 1. The molecule has 0 spiro atoms. The zero-order chi connectivity index (χ0) is 11.5. The molecule has 0 saturated carbocycles. The van der Waals surface area contributed by atoms with Crippen molar-refractivity contribution in [3.05, 3.63) is 29.4 Å². The van der Waals surface area contributed by atoms with Gasteiger partial charge in [0.2, 0.25) is 0 Å². The van der Waals surface area contributed by atoms with E-state index in [-0.39, 0.29) is 0 Å². The molecule has 0 unspecified atom stereocenters. The minimum Gasteiger partial charge on any atom is -0.355 e. The first-order valence-electron chi connectivity index (χ1n) is 5.43. The van der Waals surface area contributed by atoms with Crippen molar-refractivity contribution in [2.75, 3.05) is 18.0 Å². The molecule has 1 aromatic heterocycles. The van der Waals surface area contributed by atoms with E-state index in [1.54, 1.807) is 0 Å². The average Bonchev–Trinajstić information content (AvgIpc) is 2.34. The summed E-state index contributed by atoms with van der Waals surface area (Å²) >= 11 is 6.03. The van der Waals surface area contributed by atoms with Crippen LogP contribution in [0.1, 0.15) is 13.8 Å². The highest BCUT2D eigenvalue weighted by atomic mass is 35.5. The lowest BCUT2D eigenvalue weighted by molar-refractivity contribution is 0.832. The number of rotatable bonds is 3. The lowest BCUT2D eigenvalue weighted by Crippen LogP contribution is -2.23. The van der Waals surface area contributed by atoms with Crippen LogP contribution in [0.15, 0.2) is 24.3 Å². The van der Waals surface area contributed by atoms with Gasteiger partial charge in [0.05, 0.1) is 0 Å². The Kier molecular flexibility index (Phi) is 3.25. The van der Waals surface area contributed by atoms with Crippen molar-refractivity contribution >= 4 is 28.2 Å². The van der Waals surface area contributed by atoms with Crippen LogP contribution in [0.3, 0.4) is 0 Å². The molecule has 1 aromatic carbocycles. The third-order valence-corrected chi connectivity index (χ3v) is 2.96. The predicted octanol–water partition coefficient (Wildman–Crippen LogP) is 3.13. The maximum Gasteiger partial charge on any atom is 0.159 e. The molecule has 0 atom stereocenters. The summed E-state index contributed by atoms with van der Waals surface area (Å²) in [5.41, 5.74) is 0. The van der Waals surface area contributed by atoms with Gasteiger partial charge < -0.3 is 4.90 Å². The van der Waals surface area contributed by atoms with E-state index in [0.717, 1.165) is 29.7 Å². The van der Waals surface area contributed by atoms with Crippen LogP contribution in [0.5, 0.6) is 0 Å². The summed E-state index contributed by atoms with van der Waals surface area (Å²) in [6, 6.07) is 7.96. The molecule has 3 nitrogen and oxygen atoms in total. The molecule has 0 fully saturated rings. The maximum atomic E-state index is 6.03. The van der Waals surface area contributed by atoms with E-state index in [4.69, 9.17) is 11.6 Å². The Morgan fingerprint density at radius 2 is 1.69 bits per heavy atom. The van der Waals surface area contributed by atoms with Crippen molar-refractivity contribution in [1.29, 1.82) is 0 Å². The summed E-state index contributed by atoms with van der Waals surface area (Å²) in [4.78, 5) is 2.17. The second-order valence-electron chi connectivity index (χ2n) is 3.53. The van der Waals surface area contributed by atoms with Crippen molar-refractivity contribution in [1.82, 2.24) is 10.2 Å². The fraction of sp³-hybridized carbons (Fsp3) is 0.333. The van der Waals surface area contributed by atoms with E-state index in [2.05, 4.69) is 28.9 Å². The van der Waals surface area contributed by atoms with E-state index in [1.807, 2.05) is 24.3 Å². The molecule has 4 heteroatoms. The van der Waals surface area contributed by atoms with E-state index < -0.39 is 0 Å². The van der Waals surface area contributed by atoms with Gasteiger partial charge in [-0.1, -0.05) is 35.9 Å². The van der Waals surface area contributed by atoms with Crippen molar-refractivity contribution < 1.29 is 0 Å². The summed E-state index contributed by atoms with van der Waals surface area (Å²) in [6.45, 7) is 6.04. The SMILES string of the molecule is CCN(CC)c1nnc(Cl)c2ccccc12. The second kappa shape index (κ2) is 4.66. The molecule has 2 rings (SSSR count). The first-order valence-corrected chi connectivity index (χ1v) is 5.81. The normalized spacial score (nSPS) is 10.7. The van der Waals surface area contributed by atoms with Crippen LogP contribution in [0.25, 0.3) is 10.8 Å². The third-order valence-electron chi connectivity index (χ3n) is 2.69. The summed E-state index contributed by atoms with van der Waals surface area (Å²) in [7, 11) is 0. The smallest absolute Gasteiger partial charge is 0.159 e. The Morgan fingerprint density at radius 3 is 2.31 bits per heavy atom. The number of benzene rings is 1. The van der Waals surface area contributed by atoms with E-state index in [0.29, 0.717) is 5.15 Å². The molecular weight excluding hydrogens is 222 g/mol. The van der Waals surface area contributed by atoms with Crippen molar-refractivity contribution in [2.24, 2.45) is 0 Å². The highest BCUT2D eigenvalue weighted by Gasteiger charge is 2.11. The number of aromatic nitrogens is 2. The van der Waals surface area contributed by atoms with Crippen molar-refractivity contribution in [3.8, 4) is 0 Å². The molecule has 0 aliphatic heterocycles. The Morgan fingerprint density at radius 1 is 1.06 bits per heavy atom. The maximum absolute atomic E-state index is 6.03. The minimum absolute atomic E-state index is 0.464. The number of anilines is 1. The standard InChI is InChI=1S/C12H14ClN3/c1-3-16(4-2)12-10-8-6-5-7-9(10)11(13)14-15-12/h5-8H,3-4H2,1-2H3. The molecule has 0 radical (unpaired) electrons. The van der Waals surface area contributed by atoms with E-state index in [1.165, 1.54) is 0 Å².